The van der Waals surface area contributed by atoms with Gasteiger partial charge in [-0.15, -0.1) is 13.2 Å². The number of hydrogen-bond donors (Lipinski definition) is 1. The predicted molar refractivity (Wildman–Crippen MR) is 67.2 cm³/mol. The summed E-state index contributed by atoms with van der Waals surface area (Å²) in [6.07, 6.45) is -9.85. The molecule has 0 spiro atoms. The average Bonchev–Trinajstić information content (AvgIpc) is 2.36. The molecule has 0 fully saturated rings. The summed E-state index contributed by atoms with van der Waals surface area (Å²) in [6, 6.07) is 6.94. The minimum atomic E-state index is -5.47. The number of halogens is 6. The zero-order valence-corrected chi connectivity index (χ0v) is 11.0. The molecule has 0 aromatic heterocycles. The Morgan fingerprint density at radius 3 is 2.05 bits per heavy atom. The van der Waals surface area contributed by atoms with Crippen LogP contribution in [0, 0.1) is 0 Å². The smallest absolute Gasteiger partial charge is 0.402 e. The molecule has 8 heteroatoms. The first kappa shape index (κ1) is 16.4. The molecule has 1 atom stereocenters. The van der Waals surface area contributed by atoms with Gasteiger partial charge >= 0.3 is 12.5 Å². The second kappa shape index (κ2) is 5.35. The van der Waals surface area contributed by atoms with E-state index in [1.165, 1.54) is 30.3 Å². The van der Waals surface area contributed by atoms with E-state index in [1.54, 1.807) is 0 Å². The topological polar surface area (TPSA) is 35.2 Å². The van der Waals surface area contributed by atoms with E-state index in [0.29, 0.717) is 0 Å². The monoisotopic (exact) mass is 323 g/mol. The molecule has 2 rings (SSSR count). The quantitative estimate of drug-likeness (QED) is 0.830. The van der Waals surface area contributed by atoms with E-state index in [4.69, 9.17) is 5.73 Å². The Labute approximate surface area is 121 Å². The van der Waals surface area contributed by atoms with Gasteiger partial charge in [-0.05, 0) is 11.6 Å². The van der Waals surface area contributed by atoms with Gasteiger partial charge in [0.1, 0.15) is 0 Å². The van der Waals surface area contributed by atoms with Crippen molar-refractivity contribution in [2.45, 2.75) is 24.6 Å². The number of ether oxygens (including phenoxy) is 1. The summed E-state index contributed by atoms with van der Waals surface area (Å²) in [7, 11) is 0. The zero-order chi connectivity index (χ0) is 16.6. The largest absolute Gasteiger partial charge is 0.523 e. The normalized spacial score (nSPS) is 23.0. The van der Waals surface area contributed by atoms with Crippen molar-refractivity contribution in [3.8, 4) is 0 Å². The molecule has 1 unspecified atom stereocenters. The van der Waals surface area contributed by atoms with Gasteiger partial charge in [0.25, 0.3) is 0 Å². The molecule has 2 nitrogen and oxygen atoms in total. The Morgan fingerprint density at radius 2 is 1.55 bits per heavy atom. The van der Waals surface area contributed by atoms with Crippen LogP contribution in [-0.2, 0) is 4.74 Å². The number of alkyl halides is 6. The molecule has 2 N–H and O–H groups in total. The van der Waals surface area contributed by atoms with Crippen molar-refractivity contribution in [3.05, 3.63) is 53.7 Å². The highest BCUT2D eigenvalue weighted by Gasteiger charge is 2.63. The van der Waals surface area contributed by atoms with Crippen LogP contribution >= 0.6 is 0 Å². The Bertz CT molecular complexity index is 602. The summed E-state index contributed by atoms with van der Waals surface area (Å²) in [5.74, 6) is 0. The maximum absolute atomic E-state index is 13.5. The molecule has 1 aromatic rings. The Kier molecular flexibility index (Phi) is 3.99. The van der Waals surface area contributed by atoms with Crippen molar-refractivity contribution >= 4 is 5.57 Å². The maximum Gasteiger partial charge on any atom is 0.523 e. The van der Waals surface area contributed by atoms with E-state index < -0.39 is 30.1 Å². The van der Waals surface area contributed by atoms with E-state index in [2.05, 4.69) is 4.74 Å². The second-order valence-electron chi connectivity index (χ2n) is 4.74. The molecule has 1 aromatic carbocycles. The van der Waals surface area contributed by atoms with Gasteiger partial charge in [0.2, 0.25) is 5.60 Å². The van der Waals surface area contributed by atoms with Gasteiger partial charge in [0, 0.05) is 17.7 Å². The van der Waals surface area contributed by atoms with Gasteiger partial charge in [-0.2, -0.15) is 13.2 Å². The van der Waals surface area contributed by atoms with Crippen molar-refractivity contribution in [1.29, 1.82) is 0 Å². The number of nitrogens with two attached hydrogens (primary N) is 1. The van der Waals surface area contributed by atoms with Gasteiger partial charge in [-0.3, -0.25) is 4.74 Å². The number of rotatable bonds is 2. The maximum atomic E-state index is 13.5. The minimum absolute atomic E-state index is 0.0205. The predicted octanol–water partition coefficient (Wildman–Crippen LogP) is 4.15. The molecule has 0 heterocycles. The average molecular weight is 323 g/mol. The van der Waals surface area contributed by atoms with Crippen LogP contribution in [0.1, 0.15) is 12.0 Å². The van der Waals surface area contributed by atoms with Crippen LogP contribution in [-0.4, -0.2) is 18.1 Å². The van der Waals surface area contributed by atoms with Gasteiger partial charge in [0.05, 0.1) is 0 Å². The number of hydrogen-bond acceptors (Lipinski definition) is 2. The highest BCUT2D eigenvalue weighted by Crippen LogP contribution is 2.51. The first-order valence-electron chi connectivity index (χ1n) is 6.11. The number of allylic oxidation sites excluding steroid dienone is 2. The Balaban J connectivity index is 2.64. The summed E-state index contributed by atoms with van der Waals surface area (Å²) in [5.41, 5.74) is 0.772. The Morgan fingerprint density at radius 1 is 0.955 bits per heavy atom. The molecule has 0 saturated heterocycles. The van der Waals surface area contributed by atoms with Crippen LogP contribution in [0.2, 0.25) is 0 Å². The van der Waals surface area contributed by atoms with Crippen LogP contribution in [0.15, 0.2) is 48.2 Å². The summed E-state index contributed by atoms with van der Waals surface area (Å²) >= 11 is 0. The molecule has 0 radical (unpaired) electrons. The van der Waals surface area contributed by atoms with Crippen LogP contribution in [0.4, 0.5) is 26.3 Å². The van der Waals surface area contributed by atoms with Crippen LogP contribution in [0.3, 0.4) is 0 Å². The van der Waals surface area contributed by atoms with Crippen LogP contribution in [0.25, 0.3) is 5.57 Å². The molecular formula is C14H11F6NO. The van der Waals surface area contributed by atoms with E-state index in [-0.39, 0.29) is 11.3 Å². The van der Waals surface area contributed by atoms with Crippen LogP contribution < -0.4 is 5.73 Å². The lowest BCUT2D eigenvalue weighted by atomic mass is 9.80. The van der Waals surface area contributed by atoms with Gasteiger partial charge in [-0.25, -0.2) is 0 Å². The first-order chi connectivity index (χ1) is 10.1. The number of benzene rings is 1. The summed E-state index contributed by atoms with van der Waals surface area (Å²) < 4.78 is 81.9. The molecule has 120 valence electrons. The Hall–Kier alpha value is -1.96. The van der Waals surface area contributed by atoms with Crippen molar-refractivity contribution in [3.63, 3.8) is 0 Å². The van der Waals surface area contributed by atoms with Crippen molar-refractivity contribution in [2.24, 2.45) is 5.73 Å². The molecule has 0 saturated carbocycles. The standard InChI is InChI=1S/C14H11F6NO/c15-13(16,17)12(22-14(18,19)20)8-10(21)6-7-11(12)9-4-2-1-3-5-9/h1-7H,8,21H2. The molecule has 1 aliphatic carbocycles. The third-order valence-corrected chi connectivity index (χ3v) is 3.18. The molecule has 0 bridgehead atoms. The van der Waals surface area contributed by atoms with Crippen molar-refractivity contribution in [1.82, 2.24) is 0 Å². The van der Waals surface area contributed by atoms with Crippen molar-refractivity contribution < 1.29 is 31.1 Å². The highest BCUT2D eigenvalue weighted by molar-refractivity contribution is 5.76. The fourth-order valence-corrected chi connectivity index (χ4v) is 2.31. The highest BCUT2D eigenvalue weighted by atomic mass is 19.4. The lowest BCUT2D eigenvalue weighted by molar-refractivity contribution is -0.399. The first-order valence-corrected chi connectivity index (χ1v) is 6.11. The third-order valence-electron chi connectivity index (χ3n) is 3.18. The van der Waals surface area contributed by atoms with Gasteiger partial charge in [0.15, 0.2) is 0 Å². The lowest BCUT2D eigenvalue weighted by Crippen LogP contribution is -2.53. The van der Waals surface area contributed by atoms with E-state index in [0.717, 1.165) is 12.2 Å². The summed E-state index contributed by atoms with van der Waals surface area (Å²) in [4.78, 5) is 0. The molecule has 0 aliphatic heterocycles. The van der Waals surface area contributed by atoms with E-state index >= 15 is 0 Å². The van der Waals surface area contributed by atoms with Crippen LogP contribution in [0.5, 0.6) is 0 Å². The molecule has 1 aliphatic rings. The summed E-state index contributed by atoms with van der Waals surface area (Å²) in [6.45, 7) is 0. The van der Waals surface area contributed by atoms with Gasteiger partial charge < -0.3 is 5.73 Å². The lowest BCUT2D eigenvalue weighted by Gasteiger charge is -2.39. The molecular weight excluding hydrogens is 312 g/mol. The fraction of sp³-hybridized carbons (Fsp3) is 0.286. The van der Waals surface area contributed by atoms with Gasteiger partial charge in [-0.1, -0.05) is 36.4 Å². The zero-order valence-electron chi connectivity index (χ0n) is 11.0. The molecule has 22 heavy (non-hydrogen) atoms. The second-order valence-corrected chi connectivity index (χ2v) is 4.74. The fourth-order valence-electron chi connectivity index (χ4n) is 2.31. The third kappa shape index (κ3) is 3.11. The summed E-state index contributed by atoms with van der Waals surface area (Å²) in [5, 5.41) is 0. The van der Waals surface area contributed by atoms with Crippen molar-refractivity contribution in [2.75, 3.05) is 0 Å². The van der Waals surface area contributed by atoms with E-state index in [1.807, 2.05) is 0 Å². The molecule has 0 amide bonds. The van der Waals surface area contributed by atoms with E-state index in [9.17, 15) is 26.3 Å². The SMILES string of the molecule is NC1=CC=C(c2ccccc2)C(OC(F)(F)F)(C(F)(F)F)C1. The minimum Gasteiger partial charge on any atom is -0.402 e.